The van der Waals surface area contributed by atoms with E-state index in [0.717, 1.165) is 36.4 Å². The molecule has 36 heavy (non-hydrogen) atoms. The fourth-order valence-corrected chi connectivity index (χ4v) is 4.95. The fourth-order valence-electron chi connectivity index (χ4n) is 4.74. The van der Waals surface area contributed by atoms with Gasteiger partial charge in [-0.15, -0.1) is 0 Å². The number of aromatic nitrogens is 1. The molecule has 1 atom stereocenters. The molecular formula is C27H32ClN3O5. The van der Waals surface area contributed by atoms with E-state index in [4.69, 9.17) is 25.8 Å². The topological polar surface area (TPSA) is 82.0 Å². The number of fused-ring (bicyclic) bond motifs is 1. The summed E-state index contributed by atoms with van der Waals surface area (Å²) in [7, 11) is 2.91. The summed E-state index contributed by atoms with van der Waals surface area (Å²) in [5.74, 6) is -0.273. The van der Waals surface area contributed by atoms with Crippen LogP contribution in [-0.4, -0.2) is 74.5 Å². The highest BCUT2D eigenvalue weighted by atomic mass is 35.5. The van der Waals surface area contributed by atoms with E-state index in [-0.39, 0.29) is 5.91 Å². The molecule has 9 heteroatoms. The van der Waals surface area contributed by atoms with Crippen molar-refractivity contribution in [1.29, 1.82) is 0 Å². The van der Waals surface area contributed by atoms with E-state index in [2.05, 4.69) is 14.8 Å². The maximum Gasteiger partial charge on any atom is 0.328 e. The third kappa shape index (κ3) is 5.67. The van der Waals surface area contributed by atoms with Gasteiger partial charge in [0.2, 0.25) is 0 Å². The Hall–Kier alpha value is -3.07. The second kappa shape index (κ2) is 11.8. The third-order valence-electron chi connectivity index (χ3n) is 6.61. The summed E-state index contributed by atoms with van der Waals surface area (Å²) >= 11 is 6.41. The zero-order valence-electron chi connectivity index (χ0n) is 20.9. The number of benzene rings is 2. The monoisotopic (exact) mass is 513 g/mol. The Balaban J connectivity index is 1.69. The Morgan fingerprint density at radius 2 is 1.83 bits per heavy atom. The quantitative estimate of drug-likeness (QED) is 0.441. The summed E-state index contributed by atoms with van der Waals surface area (Å²) in [6.07, 6.45) is 0.318. The lowest BCUT2D eigenvalue weighted by molar-refractivity contribution is -0.142. The average molecular weight is 514 g/mol. The van der Waals surface area contributed by atoms with Crippen molar-refractivity contribution < 1.29 is 23.8 Å². The fraction of sp³-hybridized carbons (Fsp3) is 0.407. The summed E-state index contributed by atoms with van der Waals surface area (Å²) in [6, 6.07) is 12.2. The van der Waals surface area contributed by atoms with Crippen LogP contribution in [0.3, 0.4) is 0 Å². The van der Waals surface area contributed by atoms with Crippen molar-refractivity contribution in [3.05, 3.63) is 64.3 Å². The Bertz CT molecular complexity index is 1220. The molecule has 1 fully saturated rings. The Labute approximate surface area is 216 Å². The predicted octanol–water partition coefficient (Wildman–Crippen LogP) is 3.46. The maximum absolute atomic E-state index is 13.7. The molecule has 1 aliphatic rings. The van der Waals surface area contributed by atoms with Gasteiger partial charge in [-0.25, -0.2) is 4.79 Å². The van der Waals surface area contributed by atoms with Crippen LogP contribution < -0.4 is 10.1 Å². The number of morpholine rings is 1. The van der Waals surface area contributed by atoms with Crippen LogP contribution in [0, 0.1) is 6.92 Å². The van der Waals surface area contributed by atoms with E-state index in [1.54, 1.807) is 19.2 Å². The van der Waals surface area contributed by atoms with Crippen LogP contribution in [0.1, 0.15) is 21.6 Å². The molecule has 1 aliphatic heterocycles. The van der Waals surface area contributed by atoms with Gasteiger partial charge in [0.25, 0.3) is 5.91 Å². The molecule has 2 aromatic carbocycles. The minimum absolute atomic E-state index is 0.318. The van der Waals surface area contributed by atoms with E-state index in [0.29, 0.717) is 47.9 Å². The van der Waals surface area contributed by atoms with Gasteiger partial charge in [0.1, 0.15) is 11.8 Å². The average Bonchev–Trinajstić information content (AvgIpc) is 3.17. The van der Waals surface area contributed by atoms with Crippen LogP contribution in [0.25, 0.3) is 10.9 Å². The number of rotatable bonds is 9. The molecule has 2 heterocycles. The molecular weight excluding hydrogens is 482 g/mol. The number of nitrogens with one attached hydrogen (secondary N) is 1. The van der Waals surface area contributed by atoms with Crippen LogP contribution in [0.15, 0.2) is 42.5 Å². The number of methoxy groups -OCH3 is 2. The summed E-state index contributed by atoms with van der Waals surface area (Å²) in [5.41, 5.74) is 2.97. The first kappa shape index (κ1) is 26.0. The summed E-state index contributed by atoms with van der Waals surface area (Å²) < 4.78 is 18.2. The molecule has 0 saturated carbocycles. The molecule has 0 aliphatic carbocycles. The van der Waals surface area contributed by atoms with Crippen molar-refractivity contribution >= 4 is 34.4 Å². The van der Waals surface area contributed by atoms with Crippen molar-refractivity contribution in [2.75, 3.05) is 47.1 Å². The number of carbonyl (C=O) groups is 2. The number of ether oxygens (including phenoxy) is 3. The minimum atomic E-state index is -0.836. The van der Waals surface area contributed by atoms with Crippen molar-refractivity contribution in [3.63, 3.8) is 0 Å². The third-order valence-corrected chi connectivity index (χ3v) is 6.83. The van der Waals surface area contributed by atoms with Gasteiger partial charge < -0.3 is 24.1 Å². The van der Waals surface area contributed by atoms with Crippen LogP contribution in [-0.2, 0) is 27.2 Å². The molecule has 1 saturated heterocycles. The molecule has 192 valence electrons. The van der Waals surface area contributed by atoms with Crippen molar-refractivity contribution in [2.45, 2.75) is 25.9 Å². The molecule has 3 aromatic rings. The first-order valence-corrected chi connectivity index (χ1v) is 12.4. The normalized spacial score (nSPS) is 15.0. The highest BCUT2D eigenvalue weighted by Crippen LogP contribution is 2.36. The van der Waals surface area contributed by atoms with E-state index in [9.17, 15) is 9.59 Å². The number of hydrogen-bond acceptors (Lipinski definition) is 6. The summed E-state index contributed by atoms with van der Waals surface area (Å²) in [4.78, 5) is 28.6. The lowest BCUT2D eigenvalue weighted by Crippen LogP contribution is -2.43. The molecule has 1 unspecified atom stereocenters. The molecule has 0 radical (unpaired) electrons. The van der Waals surface area contributed by atoms with Gasteiger partial charge in [-0.1, -0.05) is 41.9 Å². The molecule has 0 spiro atoms. The Kier molecular flexibility index (Phi) is 8.51. The van der Waals surface area contributed by atoms with Crippen molar-refractivity contribution in [2.24, 2.45) is 0 Å². The van der Waals surface area contributed by atoms with Crippen LogP contribution in [0.2, 0.25) is 5.02 Å². The highest BCUT2D eigenvalue weighted by molar-refractivity contribution is 6.32. The van der Waals surface area contributed by atoms with Crippen molar-refractivity contribution in [3.8, 4) is 5.75 Å². The van der Waals surface area contributed by atoms with Crippen molar-refractivity contribution in [1.82, 2.24) is 14.8 Å². The predicted molar refractivity (Wildman–Crippen MR) is 139 cm³/mol. The first-order chi connectivity index (χ1) is 17.4. The lowest BCUT2D eigenvalue weighted by atomic mass is 10.0. The highest BCUT2D eigenvalue weighted by Gasteiger charge is 2.28. The van der Waals surface area contributed by atoms with E-state index < -0.39 is 12.0 Å². The van der Waals surface area contributed by atoms with Gasteiger partial charge >= 0.3 is 5.97 Å². The van der Waals surface area contributed by atoms with Gasteiger partial charge in [0.05, 0.1) is 38.5 Å². The number of halogens is 1. The zero-order chi connectivity index (χ0) is 25.7. The standard InChI is InChI=1S/C27H32ClN3O5/c1-18-24(26(32)29-22(27(33)35-3)15-19-7-5-4-6-8-19)21-16-20(28)17-23(34-2)25(21)31(18)10-9-30-11-13-36-14-12-30/h4-8,16-17,22H,9-15H2,1-3H3,(H,29,32). The Morgan fingerprint density at radius 3 is 2.50 bits per heavy atom. The number of hydrogen-bond donors (Lipinski definition) is 1. The maximum atomic E-state index is 13.7. The van der Waals surface area contributed by atoms with Crippen LogP contribution >= 0.6 is 11.6 Å². The number of nitrogens with zero attached hydrogens (tertiary/aromatic N) is 2. The first-order valence-electron chi connectivity index (χ1n) is 12.0. The Morgan fingerprint density at radius 1 is 1.11 bits per heavy atom. The van der Waals surface area contributed by atoms with E-state index in [1.165, 1.54) is 7.11 Å². The number of amides is 1. The largest absolute Gasteiger partial charge is 0.494 e. The smallest absolute Gasteiger partial charge is 0.328 e. The zero-order valence-corrected chi connectivity index (χ0v) is 21.6. The molecule has 4 rings (SSSR count). The minimum Gasteiger partial charge on any atom is -0.494 e. The lowest BCUT2D eigenvalue weighted by Gasteiger charge is -2.27. The molecule has 0 bridgehead atoms. The second-order valence-corrected chi connectivity index (χ2v) is 9.25. The van der Waals surface area contributed by atoms with Gasteiger partial charge in [0.15, 0.2) is 0 Å². The molecule has 1 N–H and O–H groups in total. The van der Waals surface area contributed by atoms with Gasteiger partial charge in [0, 0.05) is 54.8 Å². The summed E-state index contributed by atoms with van der Waals surface area (Å²) in [6.45, 7) is 6.55. The number of carbonyl (C=O) groups excluding carboxylic acids is 2. The SMILES string of the molecule is COC(=O)C(Cc1ccccc1)NC(=O)c1c(C)n(CCN2CCOCC2)c2c(OC)cc(Cl)cc12. The molecule has 1 aromatic heterocycles. The van der Waals surface area contributed by atoms with Gasteiger partial charge in [-0.2, -0.15) is 0 Å². The van der Waals surface area contributed by atoms with Gasteiger partial charge in [-0.3, -0.25) is 9.69 Å². The van der Waals surface area contributed by atoms with E-state index >= 15 is 0 Å². The number of esters is 1. The molecule has 8 nitrogen and oxygen atoms in total. The van der Waals surface area contributed by atoms with Gasteiger partial charge in [-0.05, 0) is 18.6 Å². The van der Waals surface area contributed by atoms with Crippen LogP contribution in [0.4, 0.5) is 0 Å². The summed E-state index contributed by atoms with van der Waals surface area (Å²) in [5, 5.41) is 4.05. The van der Waals surface area contributed by atoms with Crippen LogP contribution in [0.5, 0.6) is 5.75 Å². The molecule has 1 amide bonds. The van der Waals surface area contributed by atoms with E-state index in [1.807, 2.05) is 37.3 Å². The second-order valence-electron chi connectivity index (χ2n) is 8.81.